The summed E-state index contributed by atoms with van der Waals surface area (Å²) in [5, 5.41) is 9.00. The van der Waals surface area contributed by atoms with Crippen LogP contribution in [0.2, 0.25) is 0 Å². The number of aliphatic imine (C=N–C) groups is 1. The summed E-state index contributed by atoms with van der Waals surface area (Å²) in [4.78, 5) is 16.2. The Bertz CT molecular complexity index is 772. The molecule has 0 aliphatic carbocycles. The summed E-state index contributed by atoms with van der Waals surface area (Å²) in [5.74, 6) is -0.582. The molecule has 2 aromatic rings. The summed E-state index contributed by atoms with van der Waals surface area (Å²) >= 11 is 0. The second-order valence-corrected chi connectivity index (χ2v) is 5.83. The smallest absolute Gasteiger partial charge is 0.251 e. The van der Waals surface area contributed by atoms with E-state index in [9.17, 15) is 13.6 Å². The van der Waals surface area contributed by atoms with Crippen LogP contribution in [0.3, 0.4) is 0 Å². The van der Waals surface area contributed by atoms with Gasteiger partial charge in [0.15, 0.2) is 5.96 Å². The standard InChI is InChI=1S/C20H24F2N4O.HI/c1-2-23-20(26-14-16-13-17(21)9-10-18(16)22)25-12-6-11-24-19(27)15-7-4-3-5-8-15;/h3-5,7-10,13H,2,6,11-12,14H2,1H3,(H,24,27)(H2,23,25,26);1H. The molecule has 0 aliphatic rings. The Kier molecular flexibility index (Phi) is 11.1. The van der Waals surface area contributed by atoms with E-state index in [0.29, 0.717) is 37.6 Å². The van der Waals surface area contributed by atoms with Crippen LogP contribution in [0.1, 0.15) is 29.3 Å². The van der Waals surface area contributed by atoms with Gasteiger partial charge in [-0.1, -0.05) is 18.2 Å². The zero-order chi connectivity index (χ0) is 19.5. The van der Waals surface area contributed by atoms with Gasteiger partial charge < -0.3 is 16.0 Å². The molecule has 0 fully saturated rings. The number of nitrogens with zero attached hydrogens (tertiary/aromatic N) is 1. The molecule has 0 spiro atoms. The predicted octanol–water partition coefficient (Wildman–Crippen LogP) is 3.46. The lowest BCUT2D eigenvalue weighted by Gasteiger charge is -2.12. The summed E-state index contributed by atoms with van der Waals surface area (Å²) in [6.07, 6.45) is 0.692. The van der Waals surface area contributed by atoms with Crippen molar-refractivity contribution >= 4 is 35.8 Å². The van der Waals surface area contributed by atoms with Crippen molar-refractivity contribution in [2.75, 3.05) is 19.6 Å². The first-order chi connectivity index (χ1) is 13.1. The summed E-state index contributed by atoms with van der Waals surface area (Å²) in [7, 11) is 0. The number of carbonyl (C=O) groups excluding carboxylic acids is 1. The quantitative estimate of drug-likeness (QED) is 0.224. The molecule has 2 aromatic carbocycles. The van der Waals surface area contributed by atoms with E-state index >= 15 is 0 Å². The van der Waals surface area contributed by atoms with Crippen molar-refractivity contribution in [2.24, 2.45) is 4.99 Å². The SMILES string of the molecule is CCNC(=NCc1cc(F)ccc1F)NCCCNC(=O)c1ccccc1.I. The number of amides is 1. The largest absolute Gasteiger partial charge is 0.357 e. The second-order valence-electron chi connectivity index (χ2n) is 5.83. The summed E-state index contributed by atoms with van der Waals surface area (Å²) in [6, 6.07) is 12.3. The third-order valence-corrected chi connectivity index (χ3v) is 3.73. The molecule has 1 amide bonds. The Hall–Kier alpha value is -2.23. The van der Waals surface area contributed by atoms with Gasteiger partial charge in [-0.3, -0.25) is 4.79 Å². The molecule has 5 nitrogen and oxygen atoms in total. The molecule has 0 aliphatic heterocycles. The van der Waals surface area contributed by atoms with E-state index in [0.717, 1.165) is 18.2 Å². The van der Waals surface area contributed by atoms with Crippen LogP contribution >= 0.6 is 24.0 Å². The number of hydrogen-bond acceptors (Lipinski definition) is 2. The fraction of sp³-hybridized carbons (Fsp3) is 0.300. The van der Waals surface area contributed by atoms with E-state index in [1.165, 1.54) is 0 Å². The van der Waals surface area contributed by atoms with Crippen LogP contribution in [0.5, 0.6) is 0 Å². The van der Waals surface area contributed by atoms with Crippen LogP contribution in [-0.4, -0.2) is 31.5 Å². The molecule has 0 heterocycles. The lowest BCUT2D eigenvalue weighted by Crippen LogP contribution is -2.38. The molecule has 0 bridgehead atoms. The summed E-state index contributed by atoms with van der Waals surface area (Å²) in [6.45, 7) is 3.68. The Labute approximate surface area is 181 Å². The van der Waals surface area contributed by atoms with Gasteiger partial charge in [0.2, 0.25) is 0 Å². The third-order valence-electron chi connectivity index (χ3n) is 3.73. The molecule has 0 atom stereocenters. The number of nitrogens with one attached hydrogen (secondary N) is 3. The van der Waals surface area contributed by atoms with E-state index in [4.69, 9.17) is 0 Å². The van der Waals surface area contributed by atoms with Crippen molar-refractivity contribution in [3.63, 3.8) is 0 Å². The van der Waals surface area contributed by atoms with Crippen molar-refractivity contribution in [1.29, 1.82) is 0 Å². The number of halogens is 3. The number of benzene rings is 2. The van der Waals surface area contributed by atoms with E-state index in [1.54, 1.807) is 12.1 Å². The maximum Gasteiger partial charge on any atom is 0.251 e. The lowest BCUT2D eigenvalue weighted by atomic mass is 10.2. The average molecular weight is 502 g/mol. The van der Waals surface area contributed by atoms with Crippen LogP contribution in [0.15, 0.2) is 53.5 Å². The van der Waals surface area contributed by atoms with Crippen LogP contribution in [0, 0.1) is 11.6 Å². The zero-order valence-corrected chi connectivity index (χ0v) is 18.0. The van der Waals surface area contributed by atoms with Crippen LogP contribution in [0.4, 0.5) is 8.78 Å². The maximum absolute atomic E-state index is 13.7. The minimum Gasteiger partial charge on any atom is -0.357 e. The van der Waals surface area contributed by atoms with E-state index in [2.05, 4.69) is 20.9 Å². The van der Waals surface area contributed by atoms with E-state index in [-0.39, 0.29) is 42.0 Å². The normalized spacial score (nSPS) is 10.8. The monoisotopic (exact) mass is 502 g/mol. The second kappa shape index (κ2) is 13.0. The summed E-state index contributed by atoms with van der Waals surface area (Å²) in [5.41, 5.74) is 0.819. The van der Waals surface area contributed by atoms with Gasteiger partial charge in [-0.25, -0.2) is 13.8 Å². The highest BCUT2D eigenvalue weighted by molar-refractivity contribution is 14.0. The number of guanidine groups is 1. The minimum absolute atomic E-state index is 0. The first-order valence-electron chi connectivity index (χ1n) is 8.89. The number of hydrogen-bond donors (Lipinski definition) is 3. The zero-order valence-electron chi connectivity index (χ0n) is 15.7. The average Bonchev–Trinajstić information content (AvgIpc) is 2.68. The van der Waals surface area contributed by atoms with Gasteiger partial charge in [-0.05, 0) is 43.7 Å². The van der Waals surface area contributed by atoms with Crippen molar-refractivity contribution in [3.8, 4) is 0 Å². The van der Waals surface area contributed by atoms with Crippen LogP contribution in [-0.2, 0) is 6.54 Å². The van der Waals surface area contributed by atoms with E-state index < -0.39 is 11.6 Å². The lowest BCUT2D eigenvalue weighted by molar-refractivity contribution is 0.0953. The molecule has 28 heavy (non-hydrogen) atoms. The van der Waals surface area contributed by atoms with Crippen molar-refractivity contribution in [2.45, 2.75) is 19.9 Å². The van der Waals surface area contributed by atoms with Gasteiger partial charge in [-0.15, -0.1) is 24.0 Å². The Balaban J connectivity index is 0.00000392. The van der Waals surface area contributed by atoms with Gasteiger partial charge in [-0.2, -0.15) is 0 Å². The van der Waals surface area contributed by atoms with Gasteiger partial charge in [0.1, 0.15) is 11.6 Å². The molecule has 0 aromatic heterocycles. The maximum atomic E-state index is 13.7. The molecular formula is C20H25F2IN4O. The van der Waals surface area contributed by atoms with Gasteiger partial charge in [0.05, 0.1) is 6.54 Å². The van der Waals surface area contributed by atoms with Crippen molar-refractivity contribution < 1.29 is 13.6 Å². The molecule has 152 valence electrons. The molecule has 0 unspecified atom stereocenters. The molecule has 0 saturated carbocycles. The summed E-state index contributed by atoms with van der Waals surface area (Å²) < 4.78 is 26.9. The predicted molar refractivity (Wildman–Crippen MR) is 118 cm³/mol. The third kappa shape index (κ3) is 8.20. The number of carbonyl (C=O) groups is 1. The number of rotatable bonds is 8. The van der Waals surface area contributed by atoms with Gasteiger partial charge in [0.25, 0.3) is 5.91 Å². The molecule has 2 rings (SSSR count). The Morgan fingerprint density at radius 2 is 1.71 bits per heavy atom. The van der Waals surface area contributed by atoms with Crippen molar-refractivity contribution in [3.05, 3.63) is 71.3 Å². The van der Waals surface area contributed by atoms with Crippen LogP contribution in [0.25, 0.3) is 0 Å². The highest BCUT2D eigenvalue weighted by Gasteiger charge is 2.05. The van der Waals surface area contributed by atoms with Crippen LogP contribution < -0.4 is 16.0 Å². The first-order valence-corrected chi connectivity index (χ1v) is 8.89. The molecular weight excluding hydrogens is 477 g/mol. The first kappa shape index (κ1) is 23.8. The minimum atomic E-state index is -0.492. The topological polar surface area (TPSA) is 65.5 Å². The van der Waals surface area contributed by atoms with Gasteiger partial charge in [0, 0.05) is 30.8 Å². The highest BCUT2D eigenvalue weighted by Crippen LogP contribution is 2.10. The molecule has 3 N–H and O–H groups in total. The highest BCUT2D eigenvalue weighted by atomic mass is 127. The van der Waals surface area contributed by atoms with Gasteiger partial charge >= 0.3 is 0 Å². The van der Waals surface area contributed by atoms with Crippen molar-refractivity contribution in [1.82, 2.24) is 16.0 Å². The molecule has 8 heteroatoms. The molecule has 0 saturated heterocycles. The fourth-order valence-electron chi connectivity index (χ4n) is 2.36. The fourth-order valence-corrected chi connectivity index (χ4v) is 2.36. The van der Waals surface area contributed by atoms with E-state index in [1.807, 2.05) is 25.1 Å². The Morgan fingerprint density at radius 1 is 1.00 bits per heavy atom. The Morgan fingerprint density at radius 3 is 2.43 bits per heavy atom. The molecule has 0 radical (unpaired) electrons.